The quantitative estimate of drug-likeness (QED) is 0.142. The molecule has 0 aliphatic rings. The summed E-state index contributed by atoms with van der Waals surface area (Å²) in [6, 6.07) is 89.9. The zero-order valence-corrected chi connectivity index (χ0v) is 32.6. The molecule has 1 heteroatoms. The van der Waals surface area contributed by atoms with E-state index in [1.165, 1.54) is 60.8 Å². The van der Waals surface area contributed by atoms with Gasteiger partial charge in [-0.1, -0.05) is 212 Å². The average molecular weight is 752 g/mol. The lowest BCUT2D eigenvalue weighted by molar-refractivity contribution is 1.28. The van der Waals surface area contributed by atoms with Crippen LogP contribution in [0.4, 0.5) is 17.1 Å². The second kappa shape index (κ2) is 16.0. The molecular formula is C58H41N. The van der Waals surface area contributed by atoms with Gasteiger partial charge in [-0.3, -0.25) is 0 Å². The Labute approximate surface area is 346 Å². The molecule has 0 saturated heterocycles. The summed E-state index contributed by atoms with van der Waals surface area (Å²) in [6.45, 7) is 0. The molecule has 0 heterocycles. The van der Waals surface area contributed by atoms with E-state index in [4.69, 9.17) is 0 Å². The minimum atomic E-state index is 1.08. The van der Waals surface area contributed by atoms with Crippen LogP contribution < -0.4 is 4.90 Å². The maximum absolute atomic E-state index is 2.45. The first-order valence-corrected chi connectivity index (χ1v) is 20.3. The van der Waals surface area contributed by atoms with Crippen molar-refractivity contribution in [1.82, 2.24) is 0 Å². The van der Waals surface area contributed by atoms with Crippen LogP contribution in [-0.4, -0.2) is 0 Å². The highest BCUT2D eigenvalue weighted by Gasteiger charge is 2.22. The summed E-state index contributed by atoms with van der Waals surface area (Å²) in [5.74, 6) is 0. The van der Waals surface area contributed by atoms with E-state index in [0.717, 1.165) is 33.8 Å². The number of nitrogens with zero attached hydrogens (tertiary/aromatic N) is 1. The van der Waals surface area contributed by atoms with E-state index in [9.17, 15) is 0 Å². The number of hydrogen-bond acceptors (Lipinski definition) is 1. The lowest BCUT2D eigenvalue weighted by Crippen LogP contribution is -2.12. The third-order valence-electron chi connectivity index (χ3n) is 11.3. The first-order chi connectivity index (χ1) is 29.3. The van der Waals surface area contributed by atoms with Gasteiger partial charge in [0.1, 0.15) is 0 Å². The molecule has 0 fully saturated rings. The molecule has 0 spiro atoms. The van der Waals surface area contributed by atoms with Gasteiger partial charge in [0, 0.05) is 16.8 Å². The Morgan fingerprint density at radius 2 is 0.644 bits per heavy atom. The van der Waals surface area contributed by atoms with Crippen molar-refractivity contribution in [2.75, 3.05) is 4.90 Å². The topological polar surface area (TPSA) is 3.24 Å². The number of rotatable bonds is 9. The fourth-order valence-electron chi connectivity index (χ4n) is 8.45. The number of anilines is 3. The molecule has 0 saturated carbocycles. The van der Waals surface area contributed by atoms with Gasteiger partial charge in [-0.25, -0.2) is 0 Å². The molecule has 0 amide bonds. The van der Waals surface area contributed by atoms with Crippen LogP contribution in [0, 0.1) is 0 Å². The van der Waals surface area contributed by atoms with Gasteiger partial charge in [0.25, 0.3) is 0 Å². The zero-order chi connectivity index (χ0) is 39.4. The van der Waals surface area contributed by atoms with Gasteiger partial charge in [-0.15, -0.1) is 0 Å². The fourth-order valence-corrected chi connectivity index (χ4v) is 8.45. The Morgan fingerprint density at radius 1 is 0.220 bits per heavy atom. The normalized spacial score (nSPS) is 11.1. The minimum absolute atomic E-state index is 1.08. The lowest BCUT2D eigenvalue weighted by Gasteiger charge is -2.30. The lowest BCUT2D eigenvalue weighted by atomic mass is 9.92. The van der Waals surface area contributed by atoms with Crippen molar-refractivity contribution in [3.05, 3.63) is 249 Å². The predicted octanol–water partition coefficient (Wildman–Crippen LogP) is 16.3. The van der Waals surface area contributed by atoms with Crippen LogP contribution in [0.25, 0.3) is 77.5 Å². The Bertz CT molecular complexity index is 3030. The molecule has 0 radical (unpaired) electrons. The Balaban J connectivity index is 1.14. The number of fused-ring (bicyclic) bond motifs is 1. The van der Waals surface area contributed by atoms with Crippen LogP contribution in [0.15, 0.2) is 249 Å². The van der Waals surface area contributed by atoms with Gasteiger partial charge in [-0.2, -0.15) is 0 Å². The second-order valence-corrected chi connectivity index (χ2v) is 14.9. The summed E-state index contributed by atoms with van der Waals surface area (Å²) >= 11 is 0. The summed E-state index contributed by atoms with van der Waals surface area (Å²) in [5.41, 5.74) is 17.5. The highest BCUT2D eigenvalue weighted by atomic mass is 15.1. The Morgan fingerprint density at radius 3 is 1.36 bits per heavy atom. The van der Waals surface area contributed by atoms with E-state index < -0.39 is 0 Å². The highest BCUT2D eigenvalue weighted by molar-refractivity contribution is 5.99. The monoisotopic (exact) mass is 751 g/mol. The minimum Gasteiger partial charge on any atom is -0.309 e. The van der Waals surface area contributed by atoms with E-state index >= 15 is 0 Å². The molecule has 10 rings (SSSR count). The van der Waals surface area contributed by atoms with Gasteiger partial charge >= 0.3 is 0 Å². The van der Waals surface area contributed by atoms with Crippen LogP contribution in [0.1, 0.15) is 0 Å². The van der Waals surface area contributed by atoms with Crippen molar-refractivity contribution < 1.29 is 0 Å². The van der Waals surface area contributed by atoms with Crippen molar-refractivity contribution in [2.24, 2.45) is 0 Å². The standard InChI is InChI=1S/C58H41N/c1-3-18-42(19-4-1)46-24-15-25-47(40-46)43-36-38-50(39-37-43)59(58-35-14-12-32-56(58)55-31-10-9-29-52(55)44-20-5-2-6-21-44)57-34-13-11-30-54(57)49-27-16-26-48(41-49)53-33-17-23-45-22-7-8-28-51(45)53/h1-41H. The molecule has 0 bridgehead atoms. The number of hydrogen-bond donors (Lipinski definition) is 0. The molecule has 278 valence electrons. The summed E-state index contributed by atoms with van der Waals surface area (Å²) in [7, 11) is 0. The van der Waals surface area contributed by atoms with Crippen LogP contribution in [0.2, 0.25) is 0 Å². The summed E-state index contributed by atoms with van der Waals surface area (Å²) < 4.78 is 0. The molecule has 0 unspecified atom stereocenters. The first-order valence-electron chi connectivity index (χ1n) is 20.3. The maximum atomic E-state index is 2.45. The van der Waals surface area contributed by atoms with Crippen LogP contribution in [0.3, 0.4) is 0 Å². The van der Waals surface area contributed by atoms with E-state index in [1.54, 1.807) is 0 Å². The van der Waals surface area contributed by atoms with Gasteiger partial charge in [0.05, 0.1) is 11.4 Å². The Hall–Kier alpha value is -7.74. The molecule has 0 atom stereocenters. The van der Waals surface area contributed by atoms with Crippen LogP contribution in [0.5, 0.6) is 0 Å². The third kappa shape index (κ3) is 7.12. The first kappa shape index (κ1) is 35.7. The molecule has 59 heavy (non-hydrogen) atoms. The van der Waals surface area contributed by atoms with E-state index in [2.05, 4.69) is 254 Å². The van der Waals surface area contributed by atoms with Crippen LogP contribution >= 0.6 is 0 Å². The van der Waals surface area contributed by atoms with Crippen molar-refractivity contribution in [3.8, 4) is 66.8 Å². The number of para-hydroxylation sites is 2. The van der Waals surface area contributed by atoms with E-state index in [-0.39, 0.29) is 0 Å². The van der Waals surface area contributed by atoms with Crippen molar-refractivity contribution in [2.45, 2.75) is 0 Å². The van der Waals surface area contributed by atoms with E-state index in [1.807, 2.05) is 0 Å². The largest absolute Gasteiger partial charge is 0.309 e. The third-order valence-corrected chi connectivity index (χ3v) is 11.3. The zero-order valence-electron chi connectivity index (χ0n) is 32.6. The van der Waals surface area contributed by atoms with Crippen LogP contribution in [-0.2, 0) is 0 Å². The molecule has 10 aromatic rings. The molecular weight excluding hydrogens is 711 g/mol. The molecule has 1 nitrogen and oxygen atoms in total. The summed E-state index contributed by atoms with van der Waals surface area (Å²) in [5, 5.41) is 2.49. The molecule has 0 aromatic heterocycles. The molecule has 0 aliphatic heterocycles. The SMILES string of the molecule is c1ccc(-c2cccc(-c3ccc(N(c4ccccc4-c4cccc(-c5cccc6ccccc56)c4)c4ccccc4-c4ccccc4-c4ccccc4)cc3)c2)cc1. The molecule has 10 aromatic carbocycles. The predicted molar refractivity (Wildman–Crippen MR) is 251 cm³/mol. The van der Waals surface area contributed by atoms with Crippen molar-refractivity contribution in [1.29, 1.82) is 0 Å². The maximum Gasteiger partial charge on any atom is 0.0540 e. The molecule has 0 N–H and O–H groups in total. The summed E-state index contributed by atoms with van der Waals surface area (Å²) in [4.78, 5) is 2.45. The van der Waals surface area contributed by atoms with Gasteiger partial charge < -0.3 is 4.90 Å². The average Bonchev–Trinajstić information content (AvgIpc) is 3.33. The summed E-state index contributed by atoms with van der Waals surface area (Å²) in [6.07, 6.45) is 0. The molecule has 0 aliphatic carbocycles. The van der Waals surface area contributed by atoms with E-state index in [0.29, 0.717) is 0 Å². The Kier molecular flexibility index (Phi) is 9.68. The number of benzene rings is 10. The fraction of sp³-hybridized carbons (Fsp3) is 0. The van der Waals surface area contributed by atoms with Gasteiger partial charge in [0.15, 0.2) is 0 Å². The van der Waals surface area contributed by atoms with Crippen molar-refractivity contribution >= 4 is 27.8 Å². The van der Waals surface area contributed by atoms with Gasteiger partial charge in [-0.05, 0) is 103 Å². The smallest absolute Gasteiger partial charge is 0.0540 e. The highest BCUT2D eigenvalue weighted by Crippen LogP contribution is 2.47. The second-order valence-electron chi connectivity index (χ2n) is 14.9. The van der Waals surface area contributed by atoms with Crippen molar-refractivity contribution in [3.63, 3.8) is 0 Å². The van der Waals surface area contributed by atoms with Gasteiger partial charge in [0.2, 0.25) is 0 Å².